The molecule has 24 heavy (non-hydrogen) atoms. The number of aryl methyl sites for hydroxylation is 1. The maximum atomic E-state index is 13.1. The molecule has 0 spiro atoms. The van der Waals surface area contributed by atoms with Crippen LogP contribution in [0, 0.1) is 18.8 Å². The highest BCUT2D eigenvalue weighted by Crippen LogP contribution is 2.35. The van der Waals surface area contributed by atoms with E-state index >= 15 is 0 Å². The molecule has 3 rings (SSSR count). The Labute approximate surface area is 145 Å². The largest absolute Gasteiger partial charge is 0.373 e. The fraction of sp³-hybridized carbons (Fsp3) is 0.650. The van der Waals surface area contributed by atoms with Crippen molar-refractivity contribution in [2.24, 2.45) is 11.8 Å². The Bertz CT molecular complexity index is 535. The predicted molar refractivity (Wildman–Crippen MR) is 95.8 cm³/mol. The molecular weight excluding hydrogens is 300 g/mol. The monoisotopic (exact) mass is 330 g/mol. The quantitative estimate of drug-likeness (QED) is 0.923. The zero-order valence-electron chi connectivity index (χ0n) is 15.0. The number of piperidine rings is 1. The van der Waals surface area contributed by atoms with Gasteiger partial charge in [-0.05, 0) is 57.7 Å². The molecule has 0 bridgehead atoms. The molecule has 0 saturated carbocycles. The normalized spacial score (nSPS) is 25.7. The first kappa shape index (κ1) is 17.4. The van der Waals surface area contributed by atoms with Crippen molar-refractivity contribution in [1.29, 1.82) is 0 Å². The lowest BCUT2D eigenvalue weighted by Crippen LogP contribution is -2.45. The molecular formula is C20H30N2O2. The Hall–Kier alpha value is -1.39. The minimum absolute atomic E-state index is 0.0256. The summed E-state index contributed by atoms with van der Waals surface area (Å²) in [6.07, 6.45) is 4.05. The van der Waals surface area contributed by atoms with Crippen molar-refractivity contribution in [3.63, 3.8) is 0 Å². The summed E-state index contributed by atoms with van der Waals surface area (Å²) in [6.45, 7) is 5.68. The highest BCUT2D eigenvalue weighted by Gasteiger charge is 2.36. The third-order valence-corrected chi connectivity index (χ3v) is 5.46. The molecule has 2 fully saturated rings. The number of hydrogen-bond donors (Lipinski definition) is 1. The summed E-state index contributed by atoms with van der Waals surface area (Å²) in [5.74, 6) is 0.972. The van der Waals surface area contributed by atoms with Gasteiger partial charge < -0.3 is 15.0 Å². The van der Waals surface area contributed by atoms with Crippen LogP contribution in [0.4, 0.5) is 0 Å². The Morgan fingerprint density at radius 3 is 2.58 bits per heavy atom. The van der Waals surface area contributed by atoms with Gasteiger partial charge in [-0.2, -0.15) is 0 Å². The van der Waals surface area contributed by atoms with Gasteiger partial charge in [0.1, 0.15) is 0 Å². The molecule has 2 heterocycles. The van der Waals surface area contributed by atoms with Gasteiger partial charge in [0, 0.05) is 19.7 Å². The van der Waals surface area contributed by atoms with E-state index in [4.69, 9.17) is 4.74 Å². The van der Waals surface area contributed by atoms with Crippen molar-refractivity contribution >= 4 is 5.91 Å². The maximum absolute atomic E-state index is 13.1. The van der Waals surface area contributed by atoms with E-state index in [9.17, 15) is 4.79 Å². The van der Waals surface area contributed by atoms with Crippen LogP contribution in [0.15, 0.2) is 24.3 Å². The lowest BCUT2D eigenvalue weighted by molar-refractivity contribution is -0.146. The number of carbonyl (C=O) groups is 1. The highest BCUT2D eigenvalue weighted by atomic mass is 16.5. The minimum atomic E-state index is -0.0816. The summed E-state index contributed by atoms with van der Waals surface area (Å²) in [6, 6.07) is 8.45. The van der Waals surface area contributed by atoms with Crippen LogP contribution in [0.25, 0.3) is 0 Å². The second-order valence-electron chi connectivity index (χ2n) is 7.28. The van der Waals surface area contributed by atoms with Gasteiger partial charge in [-0.1, -0.05) is 29.8 Å². The first-order chi connectivity index (χ1) is 11.7. The Balaban J connectivity index is 1.67. The number of likely N-dealkylation sites (tertiary alicyclic amines) is 1. The molecule has 132 valence electrons. The fourth-order valence-corrected chi connectivity index (χ4v) is 4.00. The summed E-state index contributed by atoms with van der Waals surface area (Å²) in [4.78, 5) is 15.2. The van der Waals surface area contributed by atoms with E-state index in [1.807, 2.05) is 7.05 Å². The Kier molecular flexibility index (Phi) is 5.90. The van der Waals surface area contributed by atoms with Crippen molar-refractivity contribution in [3.8, 4) is 0 Å². The average molecular weight is 330 g/mol. The second kappa shape index (κ2) is 8.13. The van der Waals surface area contributed by atoms with Gasteiger partial charge in [-0.25, -0.2) is 0 Å². The number of hydrogen-bond acceptors (Lipinski definition) is 3. The Morgan fingerprint density at radius 2 is 1.92 bits per heavy atom. The van der Waals surface area contributed by atoms with Gasteiger partial charge in [0.05, 0.1) is 12.0 Å². The fourth-order valence-electron chi connectivity index (χ4n) is 4.00. The van der Waals surface area contributed by atoms with Crippen LogP contribution in [0.5, 0.6) is 0 Å². The maximum Gasteiger partial charge on any atom is 0.228 e. The highest BCUT2D eigenvalue weighted by molar-refractivity contribution is 5.80. The summed E-state index contributed by atoms with van der Waals surface area (Å²) >= 11 is 0. The molecule has 1 aromatic rings. The molecule has 2 saturated heterocycles. The molecule has 2 atom stereocenters. The van der Waals surface area contributed by atoms with Crippen LogP contribution in [0.3, 0.4) is 0 Å². The summed E-state index contributed by atoms with van der Waals surface area (Å²) in [7, 11) is 2.00. The molecule has 0 aromatic heterocycles. The van der Waals surface area contributed by atoms with E-state index in [0.717, 1.165) is 57.5 Å². The van der Waals surface area contributed by atoms with Crippen molar-refractivity contribution in [2.75, 3.05) is 33.3 Å². The van der Waals surface area contributed by atoms with Gasteiger partial charge in [0.2, 0.25) is 5.91 Å². The Morgan fingerprint density at radius 1 is 1.21 bits per heavy atom. The van der Waals surface area contributed by atoms with Crippen LogP contribution in [-0.2, 0) is 9.53 Å². The predicted octanol–water partition coefficient (Wildman–Crippen LogP) is 2.92. The van der Waals surface area contributed by atoms with Gasteiger partial charge in [-0.15, -0.1) is 0 Å². The number of amides is 1. The molecule has 2 aliphatic heterocycles. The molecule has 2 aliphatic rings. The lowest BCUT2D eigenvalue weighted by Gasteiger charge is -2.38. The van der Waals surface area contributed by atoms with E-state index in [1.165, 1.54) is 5.56 Å². The van der Waals surface area contributed by atoms with Crippen molar-refractivity contribution in [1.82, 2.24) is 10.2 Å². The first-order valence-electron chi connectivity index (χ1n) is 9.30. The van der Waals surface area contributed by atoms with E-state index in [2.05, 4.69) is 41.4 Å². The number of ether oxygens (including phenoxy) is 1. The van der Waals surface area contributed by atoms with Gasteiger partial charge in [0.15, 0.2) is 0 Å². The standard InChI is InChI=1S/C20H30N2O2/c1-15-5-7-17(8-6-15)19-18(4-3-13-24-19)20(23)22-11-9-16(10-12-22)14-21-2/h5-8,16,18-19,21H,3-4,9-14H2,1-2H3. The molecule has 1 N–H and O–H groups in total. The third kappa shape index (κ3) is 3.98. The van der Waals surface area contributed by atoms with Gasteiger partial charge in [0.25, 0.3) is 0 Å². The van der Waals surface area contributed by atoms with Crippen LogP contribution in [-0.4, -0.2) is 44.1 Å². The molecule has 4 heteroatoms. The average Bonchev–Trinajstić information content (AvgIpc) is 2.63. The van der Waals surface area contributed by atoms with Crippen LogP contribution in [0.2, 0.25) is 0 Å². The first-order valence-corrected chi connectivity index (χ1v) is 9.30. The van der Waals surface area contributed by atoms with E-state index < -0.39 is 0 Å². The molecule has 0 radical (unpaired) electrons. The summed E-state index contributed by atoms with van der Waals surface area (Å²) in [5.41, 5.74) is 2.38. The topological polar surface area (TPSA) is 41.6 Å². The summed E-state index contributed by atoms with van der Waals surface area (Å²) < 4.78 is 6.03. The number of carbonyl (C=O) groups excluding carboxylic acids is 1. The van der Waals surface area contributed by atoms with Crippen molar-refractivity contribution in [3.05, 3.63) is 35.4 Å². The zero-order chi connectivity index (χ0) is 16.9. The van der Waals surface area contributed by atoms with E-state index in [1.54, 1.807) is 0 Å². The summed E-state index contributed by atoms with van der Waals surface area (Å²) in [5, 5.41) is 3.25. The van der Waals surface area contributed by atoms with Gasteiger partial charge >= 0.3 is 0 Å². The minimum Gasteiger partial charge on any atom is -0.373 e. The van der Waals surface area contributed by atoms with E-state index in [-0.39, 0.29) is 12.0 Å². The second-order valence-corrected chi connectivity index (χ2v) is 7.28. The number of nitrogens with zero attached hydrogens (tertiary/aromatic N) is 1. The molecule has 4 nitrogen and oxygen atoms in total. The third-order valence-electron chi connectivity index (χ3n) is 5.46. The smallest absolute Gasteiger partial charge is 0.228 e. The molecule has 1 amide bonds. The molecule has 2 unspecified atom stereocenters. The van der Waals surface area contributed by atoms with Crippen LogP contribution < -0.4 is 5.32 Å². The molecule has 0 aliphatic carbocycles. The van der Waals surface area contributed by atoms with Crippen molar-refractivity contribution < 1.29 is 9.53 Å². The molecule has 1 aromatic carbocycles. The number of benzene rings is 1. The van der Waals surface area contributed by atoms with Gasteiger partial charge in [-0.3, -0.25) is 4.79 Å². The number of nitrogens with one attached hydrogen (secondary N) is 1. The van der Waals surface area contributed by atoms with Crippen LogP contribution >= 0.6 is 0 Å². The SMILES string of the molecule is CNCC1CCN(C(=O)C2CCCOC2c2ccc(C)cc2)CC1. The zero-order valence-corrected chi connectivity index (χ0v) is 15.0. The number of rotatable bonds is 4. The van der Waals surface area contributed by atoms with Crippen LogP contribution in [0.1, 0.15) is 42.9 Å². The lowest BCUT2D eigenvalue weighted by atomic mass is 9.87. The van der Waals surface area contributed by atoms with Crippen molar-refractivity contribution in [2.45, 2.75) is 38.7 Å². The van der Waals surface area contributed by atoms with E-state index in [0.29, 0.717) is 11.8 Å².